The van der Waals surface area contributed by atoms with E-state index in [4.69, 9.17) is 11.6 Å². The van der Waals surface area contributed by atoms with Gasteiger partial charge in [-0.1, -0.05) is 41.9 Å². The molecule has 1 fully saturated rings. The minimum absolute atomic E-state index is 0.0129. The maximum atomic E-state index is 12.8. The van der Waals surface area contributed by atoms with E-state index in [0.717, 1.165) is 18.4 Å². The van der Waals surface area contributed by atoms with E-state index in [1.807, 2.05) is 37.3 Å². The van der Waals surface area contributed by atoms with Crippen LogP contribution in [0.4, 0.5) is 0 Å². The Kier molecular flexibility index (Phi) is 5.65. The highest BCUT2D eigenvalue weighted by Gasteiger charge is 2.29. The first-order chi connectivity index (χ1) is 12.4. The second-order valence-corrected chi connectivity index (χ2v) is 8.68. The second kappa shape index (κ2) is 7.78. The third kappa shape index (κ3) is 3.92. The molecule has 5 nitrogen and oxygen atoms in total. The predicted octanol–water partition coefficient (Wildman–Crippen LogP) is 3.62. The van der Waals surface area contributed by atoms with E-state index in [9.17, 15) is 13.2 Å². The number of halogens is 1. The van der Waals surface area contributed by atoms with Crippen LogP contribution in [-0.4, -0.2) is 31.7 Å². The van der Waals surface area contributed by atoms with Crippen molar-refractivity contribution >= 4 is 27.5 Å². The minimum Gasteiger partial charge on any atom is -0.346 e. The third-order valence-corrected chi connectivity index (χ3v) is 6.90. The summed E-state index contributed by atoms with van der Waals surface area (Å²) in [6.45, 7) is 2.85. The zero-order valence-corrected chi connectivity index (χ0v) is 16.1. The van der Waals surface area contributed by atoms with Crippen molar-refractivity contribution in [2.24, 2.45) is 0 Å². The number of rotatable bonds is 5. The molecule has 1 N–H and O–H groups in total. The second-order valence-electron chi connectivity index (χ2n) is 6.36. The van der Waals surface area contributed by atoms with E-state index >= 15 is 0 Å². The molecule has 3 rings (SSSR count). The molecule has 1 atom stereocenters. The summed E-state index contributed by atoms with van der Waals surface area (Å²) in [5, 5.41) is 3.02. The van der Waals surface area contributed by atoms with Crippen molar-refractivity contribution < 1.29 is 13.2 Å². The van der Waals surface area contributed by atoms with Crippen molar-refractivity contribution in [2.75, 3.05) is 13.1 Å². The van der Waals surface area contributed by atoms with Crippen LogP contribution in [0, 0.1) is 0 Å². The highest BCUT2D eigenvalue weighted by atomic mass is 35.5. The van der Waals surface area contributed by atoms with Gasteiger partial charge in [-0.3, -0.25) is 4.79 Å². The van der Waals surface area contributed by atoms with Crippen molar-refractivity contribution in [1.29, 1.82) is 0 Å². The van der Waals surface area contributed by atoms with Gasteiger partial charge in [0, 0.05) is 18.7 Å². The zero-order valence-electron chi connectivity index (χ0n) is 14.5. The van der Waals surface area contributed by atoms with Crippen LogP contribution in [-0.2, 0) is 10.0 Å². The first-order valence-electron chi connectivity index (χ1n) is 8.55. The van der Waals surface area contributed by atoms with Gasteiger partial charge in [0.25, 0.3) is 5.91 Å². The molecule has 1 heterocycles. The van der Waals surface area contributed by atoms with Gasteiger partial charge in [0.2, 0.25) is 10.0 Å². The number of hydrogen-bond acceptors (Lipinski definition) is 3. The largest absolute Gasteiger partial charge is 0.346 e. The summed E-state index contributed by atoms with van der Waals surface area (Å²) in [4.78, 5) is 12.6. The Hall–Kier alpha value is -1.89. The van der Waals surface area contributed by atoms with Crippen LogP contribution in [0.5, 0.6) is 0 Å². The van der Waals surface area contributed by atoms with Crippen molar-refractivity contribution in [3.63, 3.8) is 0 Å². The number of amides is 1. The van der Waals surface area contributed by atoms with Gasteiger partial charge in [-0.25, -0.2) is 8.42 Å². The molecule has 1 saturated heterocycles. The molecule has 26 heavy (non-hydrogen) atoms. The fraction of sp³-hybridized carbons (Fsp3) is 0.316. The third-order valence-electron chi connectivity index (χ3n) is 4.52. The summed E-state index contributed by atoms with van der Waals surface area (Å²) >= 11 is 6.13. The van der Waals surface area contributed by atoms with Crippen LogP contribution < -0.4 is 5.32 Å². The molecule has 138 valence electrons. The molecule has 0 spiro atoms. The van der Waals surface area contributed by atoms with Crippen LogP contribution in [0.25, 0.3) is 0 Å². The average Bonchev–Trinajstić information content (AvgIpc) is 3.18. The van der Waals surface area contributed by atoms with Gasteiger partial charge < -0.3 is 5.32 Å². The SMILES string of the molecule is CC(NC(=O)c1ccc(Cl)c(S(=O)(=O)N2CCCC2)c1)c1ccccc1. The Balaban J connectivity index is 1.84. The first kappa shape index (κ1) is 18.9. The van der Waals surface area contributed by atoms with E-state index in [1.165, 1.54) is 16.4 Å². The molecule has 2 aromatic carbocycles. The van der Waals surface area contributed by atoms with Crippen molar-refractivity contribution in [1.82, 2.24) is 9.62 Å². The van der Waals surface area contributed by atoms with Crippen LogP contribution in [0.2, 0.25) is 5.02 Å². The van der Waals surface area contributed by atoms with Gasteiger partial charge in [0.1, 0.15) is 4.90 Å². The molecular weight excluding hydrogens is 372 g/mol. The normalized spacial score (nSPS) is 16.4. The van der Waals surface area contributed by atoms with E-state index in [-0.39, 0.29) is 27.4 Å². The van der Waals surface area contributed by atoms with E-state index in [1.54, 1.807) is 6.07 Å². The molecule has 0 aromatic heterocycles. The van der Waals surface area contributed by atoms with Crippen LogP contribution >= 0.6 is 11.6 Å². The highest BCUT2D eigenvalue weighted by Crippen LogP contribution is 2.28. The Labute approximate surface area is 159 Å². The molecule has 0 radical (unpaired) electrons. The average molecular weight is 393 g/mol. The summed E-state index contributed by atoms with van der Waals surface area (Å²) in [5.41, 5.74) is 1.25. The summed E-state index contributed by atoms with van der Waals surface area (Å²) in [5.74, 6) is -0.337. The number of sulfonamides is 1. The molecule has 1 unspecified atom stereocenters. The van der Waals surface area contributed by atoms with Crippen LogP contribution in [0.1, 0.15) is 41.7 Å². The monoisotopic (exact) mass is 392 g/mol. The number of hydrogen-bond donors (Lipinski definition) is 1. The fourth-order valence-corrected chi connectivity index (χ4v) is 5.03. The van der Waals surface area contributed by atoms with E-state index in [0.29, 0.717) is 13.1 Å². The van der Waals surface area contributed by atoms with Gasteiger partial charge in [-0.05, 0) is 43.5 Å². The van der Waals surface area contributed by atoms with E-state index < -0.39 is 10.0 Å². The molecule has 0 aliphatic carbocycles. The zero-order chi connectivity index (χ0) is 18.7. The molecule has 7 heteroatoms. The van der Waals surface area contributed by atoms with Crippen LogP contribution in [0.15, 0.2) is 53.4 Å². The standard InChI is InChI=1S/C19H21ClN2O3S/c1-14(15-7-3-2-4-8-15)21-19(23)16-9-10-17(20)18(13-16)26(24,25)22-11-5-6-12-22/h2-4,7-10,13-14H,5-6,11-12H2,1H3,(H,21,23). The lowest BCUT2D eigenvalue weighted by Gasteiger charge is -2.18. The Morgan fingerprint density at radius 1 is 1.12 bits per heavy atom. The number of nitrogens with zero attached hydrogens (tertiary/aromatic N) is 1. The van der Waals surface area contributed by atoms with E-state index in [2.05, 4.69) is 5.32 Å². The maximum Gasteiger partial charge on any atom is 0.251 e. The lowest BCUT2D eigenvalue weighted by atomic mass is 10.1. The lowest BCUT2D eigenvalue weighted by Crippen LogP contribution is -2.29. The number of nitrogens with one attached hydrogen (secondary N) is 1. The summed E-state index contributed by atoms with van der Waals surface area (Å²) in [6.07, 6.45) is 1.68. The van der Waals surface area contributed by atoms with Gasteiger partial charge in [0.15, 0.2) is 0 Å². The van der Waals surface area contributed by atoms with Gasteiger partial charge in [-0.15, -0.1) is 0 Å². The quantitative estimate of drug-likeness (QED) is 0.845. The number of carbonyl (C=O) groups excluding carboxylic acids is 1. The maximum absolute atomic E-state index is 12.8. The fourth-order valence-electron chi connectivity index (χ4n) is 3.01. The Morgan fingerprint density at radius 3 is 2.42 bits per heavy atom. The molecule has 1 aliphatic rings. The molecule has 2 aromatic rings. The molecular formula is C19H21ClN2O3S. The number of benzene rings is 2. The summed E-state index contributed by atoms with van der Waals surface area (Å²) in [7, 11) is -3.68. The van der Waals surface area contributed by atoms with Crippen molar-refractivity contribution in [3.8, 4) is 0 Å². The van der Waals surface area contributed by atoms with Crippen molar-refractivity contribution in [2.45, 2.75) is 30.7 Å². The first-order valence-corrected chi connectivity index (χ1v) is 10.4. The number of carbonyl (C=O) groups is 1. The smallest absolute Gasteiger partial charge is 0.251 e. The van der Waals surface area contributed by atoms with Crippen molar-refractivity contribution in [3.05, 3.63) is 64.7 Å². The minimum atomic E-state index is -3.68. The Morgan fingerprint density at radius 2 is 1.77 bits per heavy atom. The summed E-state index contributed by atoms with van der Waals surface area (Å²) in [6, 6.07) is 13.7. The molecule has 0 saturated carbocycles. The van der Waals surface area contributed by atoms with Crippen LogP contribution in [0.3, 0.4) is 0 Å². The summed E-state index contributed by atoms with van der Waals surface area (Å²) < 4.78 is 27.0. The van der Waals surface area contributed by atoms with Gasteiger partial charge >= 0.3 is 0 Å². The lowest BCUT2D eigenvalue weighted by molar-refractivity contribution is 0.0939. The van der Waals surface area contributed by atoms with Gasteiger partial charge in [0.05, 0.1) is 11.1 Å². The highest BCUT2D eigenvalue weighted by molar-refractivity contribution is 7.89. The van der Waals surface area contributed by atoms with Gasteiger partial charge in [-0.2, -0.15) is 4.31 Å². The molecule has 0 bridgehead atoms. The predicted molar refractivity (Wildman–Crippen MR) is 102 cm³/mol. The topological polar surface area (TPSA) is 66.5 Å². The molecule has 1 amide bonds. The molecule has 1 aliphatic heterocycles. The Bertz CT molecular complexity index is 894.